The molecule has 5 heteroatoms. The number of likely N-dealkylation sites (N-methyl/N-ethyl adjacent to an activating group) is 1. The van der Waals surface area contributed by atoms with Crippen LogP contribution in [0, 0.1) is 0 Å². The highest BCUT2D eigenvalue weighted by molar-refractivity contribution is 6.05. The Kier molecular flexibility index (Phi) is 6.88. The Bertz CT molecular complexity index is 2070. The summed E-state index contributed by atoms with van der Waals surface area (Å²) in [6.45, 7) is 3.99. The zero-order valence-corrected chi connectivity index (χ0v) is 26.3. The van der Waals surface area contributed by atoms with Crippen LogP contribution in [0.5, 0.6) is 5.75 Å². The molecule has 0 bridgehead atoms. The minimum Gasteiger partial charge on any atom is -0.435 e. The highest BCUT2D eigenvalue weighted by atomic mass is 19.3. The molecule has 0 amide bonds. The molecule has 3 nitrogen and oxygen atoms in total. The molecule has 5 aromatic rings. The molecule has 0 aromatic heterocycles. The van der Waals surface area contributed by atoms with Crippen LogP contribution < -0.4 is 9.64 Å². The fraction of sp³-hybridized carbons (Fsp3) is 0.225. The average molecular weight is 600 g/mol. The Hall–Kier alpha value is -4.77. The Balaban J connectivity index is 1.32. The summed E-state index contributed by atoms with van der Waals surface area (Å²) in [6.07, 6.45) is 7.26. The zero-order chi connectivity index (χ0) is 31.5. The third kappa shape index (κ3) is 4.73. The topological polar surface area (TPSA) is 15.5 Å². The van der Waals surface area contributed by atoms with Crippen molar-refractivity contribution in [1.29, 1.82) is 0 Å². The minimum atomic E-state index is -2.86. The first kappa shape index (κ1) is 29.0. The second kappa shape index (κ2) is 10.7. The quantitative estimate of drug-likeness (QED) is 0.181. The number of allylic oxidation sites excluding steroid dienone is 4. The van der Waals surface area contributed by atoms with E-state index in [9.17, 15) is 8.78 Å². The van der Waals surface area contributed by atoms with Gasteiger partial charge in [-0.1, -0.05) is 72.8 Å². The summed E-state index contributed by atoms with van der Waals surface area (Å²) in [4.78, 5) is 2.28. The van der Waals surface area contributed by atoms with E-state index in [4.69, 9.17) is 4.74 Å². The lowest BCUT2D eigenvalue weighted by molar-refractivity contribution is -0.401. The van der Waals surface area contributed by atoms with Crippen LogP contribution >= 0.6 is 0 Å². The molecule has 0 spiro atoms. The van der Waals surface area contributed by atoms with E-state index < -0.39 is 12.0 Å². The van der Waals surface area contributed by atoms with E-state index in [0.717, 1.165) is 16.9 Å². The minimum absolute atomic E-state index is 0.168. The van der Waals surface area contributed by atoms with Crippen molar-refractivity contribution in [3.8, 4) is 5.75 Å². The zero-order valence-electron chi connectivity index (χ0n) is 26.3. The predicted octanol–water partition coefficient (Wildman–Crippen LogP) is 9.69. The van der Waals surface area contributed by atoms with Crippen molar-refractivity contribution in [2.24, 2.45) is 0 Å². The van der Waals surface area contributed by atoms with Gasteiger partial charge >= 0.3 is 6.61 Å². The second-order valence-corrected chi connectivity index (χ2v) is 13.0. The van der Waals surface area contributed by atoms with Gasteiger partial charge in [0.15, 0.2) is 5.71 Å². The molecule has 226 valence electrons. The smallest absolute Gasteiger partial charge is 0.387 e. The number of rotatable bonds is 6. The third-order valence-electron chi connectivity index (χ3n) is 9.84. The molecular weight excluding hydrogens is 562 g/mol. The number of ether oxygens (including phenoxy) is 1. The predicted molar refractivity (Wildman–Crippen MR) is 182 cm³/mol. The van der Waals surface area contributed by atoms with Crippen LogP contribution in [0.4, 0.5) is 20.2 Å². The summed E-state index contributed by atoms with van der Waals surface area (Å²) in [7, 11) is 4.27. The van der Waals surface area contributed by atoms with Gasteiger partial charge in [-0.25, -0.2) is 0 Å². The van der Waals surface area contributed by atoms with Gasteiger partial charge < -0.3 is 9.64 Å². The first-order valence-electron chi connectivity index (χ1n) is 15.4. The first-order chi connectivity index (χ1) is 21.6. The van der Waals surface area contributed by atoms with Crippen LogP contribution in [0.25, 0.3) is 21.5 Å². The van der Waals surface area contributed by atoms with Crippen LogP contribution in [0.2, 0.25) is 0 Å². The van der Waals surface area contributed by atoms with E-state index in [-0.39, 0.29) is 11.2 Å². The van der Waals surface area contributed by atoms with Gasteiger partial charge in [0.25, 0.3) is 0 Å². The molecule has 1 atom stereocenters. The molecule has 2 heterocycles. The van der Waals surface area contributed by atoms with Crippen molar-refractivity contribution in [3.05, 3.63) is 138 Å². The molecule has 0 saturated carbocycles. The van der Waals surface area contributed by atoms with Crippen LogP contribution in [-0.4, -0.2) is 31.0 Å². The Labute approximate surface area is 263 Å². The maximum atomic E-state index is 13.1. The molecule has 2 aliphatic rings. The monoisotopic (exact) mass is 599 g/mol. The van der Waals surface area contributed by atoms with Crippen molar-refractivity contribution in [2.45, 2.75) is 44.6 Å². The second-order valence-electron chi connectivity index (χ2n) is 13.0. The molecule has 2 aliphatic heterocycles. The average Bonchev–Trinajstić information content (AvgIpc) is 3.34. The standard InChI is InChI=1S/C40H37F2N2O/c1-39(2)32-23-28-14-6-7-15-29(28)24-34(32)44(5)35(39)18-11-19-36-40(3,25-26-12-10-16-30(22-26)45-38(41)42)37-31-17-9-8-13-27(31)20-21-33(37)43(36)4/h6-24,38H,25H2,1-5H3/q+1. The van der Waals surface area contributed by atoms with Gasteiger partial charge in [0.1, 0.15) is 12.8 Å². The highest BCUT2D eigenvalue weighted by Gasteiger charge is 2.45. The van der Waals surface area contributed by atoms with Crippen molar-refractivity contribution < 1.29 is 18.1 Å². The number of halogens is 2. The lowest BCUT2D eigenvalue weighted by Gasteiger charge is -2.29. The molecule has 0 saturated heterocycles. The van der Waals surface area contributed by atoms with Gasteiger partial charge in [-0.15, -0.1) is 0 Å². The number of benzene rings is 5. The van der Waals surface area contributed by atoms with Gasteiger partial charge in [-0.3, -0.25) is 0 Å². The molecule has 0 fully saturated rings. The lowest BCUT2D eigenvalue weighted by Crippen LogP contribution is -2.29. The molecule has 7 rings (SSSR count). The molecular formula is C40H37F2N2O+. The van der Waals surface area contributed by atoms with Crippen LogP contribution in [0.1, 0.15) is 37.5 Å². The lowest BCUT2D eigenvalue weighted by atomic mass is 9.74. The number of hydrogen-bond acceptors (Lipinski definition) is 2. The van der Waals surface area contributed by atoms with Gasteiger partial charge in [-0.05, 0) is 90.2 Å². The van der Waals surface area contributed by atoms with E-state index in [2.05, 4.69) is 135 Å². The Morgan fingerprint density at radius 1 is 0.844 bits per heavy atom. The van der Waals surface area contributed by atoms with Gasteiger partial charge in [0, 0.05) is 41.6 Å². The molecule has 1 unspecified atom stereocenters. The number of nitrogens with zero attached hydrogens (tertiary/aromatic N) is 2. The van der Waals surface area contributed by atoms with Gasteiger partial charge in [-0.2, -0.15) is 13.4 Å². The van der Waals surface area contributed by atoms with E-state index >= 15 is 0 Å². The first-order valence-corrected chi connectivity index (χ1v) is 15.4. The summed E-state index contributed by atoms with van der Waals surface area (Å²) in [5.74, 6) is 0.177. The normalized spacial score (nSPS) is 19.8. The number of anilines is 1. The molecule has 45 heavy (non-hydrogen) atoms. The van der Waals surface area contributed by atoms with Crippen LogP contribution in [0.3, 0.4) is 0 Å². The van der Waals surface area contributed by atoms with Gasteiger partial charge in [0.05, 0.1) is 5.41 Å². The van der Waals surface area contributed by atoms with Crippen molar-refractivity contribution in [3.63, 3.8) is 0 Å². The number of alkyl halides is 2. The Morgan fingerprint density at radius 2 is 1.56 bits per heavy atom. The summed E-state index contributed by atoms with van der Waals surface area (Å²) in [5.41, 5.74) is 7.67. The summed E-state index contributed by atoms with van der Waals surface area (Å²) < 4.78 is 33.2. The molecule has 0 radical (unpaired) electrons. The molecule has 0 aliphatic carbocycles. The van der Waals surface area contributed by atoms with Crippen LogP contribution in [0.15, 0.2) is 121 Å². The maximum absolute atomic E-state index is 13.1. The van der Waals surface area contributed by atoms with Crippen molar-refractivity contribution in [1.82, 2.24) is 0 Å². The van der Waals surface area contributed by atoms with E-state index in [1.807, 2.05) is 6.07 Å². The SMILES string of the molecule is CN1/C(=C\C=C\C2=[N+](C)c3cc4ccccc4cc3C2(C)C)C(C)(Cc2cccc(OC(F)F)c2)c2c1ccc1ccccc21. The van der Waals surface area contributed by atoms with E-state index in [1.165, 1.54) is 44.1 Å². The van der Waals surface area contributed by atoms with Crippen molar-refractivity contribution >= 4 is 38.6 Å². The summed E-state index contributed by atoms with van der Waals surface area (Å²) >= 11 is 0. The fourth-order valence-electron chi connectivity index (χ4n) is 7.71. The maximum Gasteiger partial charge on any atom is 0.387 e. The molecule has 5 aromatic carbocycles. The number of hydrogen-bond donors (Lipinski definition) is 0. The largest absolute Gasteiger partial charge is 0.435 e. The molecule has 0 N–H and O–H groups in total. The van der Waals surface area contributed by atoms with Crippen molar-refractivity contribution in [2.75, 3.05) is 19.0 Å². The fourth-order valence-corrected chi connectivity index (χ4v) is 7.71. The highest BCUT2D eigenvalue weighted by Crippen LogP contribution is 2.52. The number of fused-ring (bicyclic) bond motifs is 5. The van der Waals surface area contributed by atoms with E-state index in [1.54, 1.807) is 18.2 Å². The Morgan fingerprint density at radius 3 is 2.31 bits per heavy atom. The summed E-state index contributed by atoms with van der Waals surface area (Å²) in [6, 6.07) is 33.1. The van der Waals surface area contributed by atoms with E-state index in [0.29, 0.717) is 6.42 Å². The van der Waals surface area contributed by atoms with Crippen LogP contribution in [-0.2, 0) is 17.3 Å². The summed E-state index contributed by atoms with van der Waals surface area (Å²) in [5, 5.41) is 4.87. The van der Waals surface area contributed by atoms with Gasteiger partial charge in [0.2, 0.25) is 5.69 Å². The third-order valence-corrected chi connectivity index (χ3v) is 9.84.